The van der Waals surface area contributed by atoms with E-state index in [0.29, 0.717) is 5.95 Å². The molecule has 0 aliphatic carbocycles. The predicted molar refractivity (Wildman–Crippen MR) is 234 cm³/mol. The predicted octanol–water partition coefficient (Wildman–Crippen LogP) is 13.5. The summed E-state index contributed by atoms with van der Waals surface area (Å²) in [7, 11) is 0. The van der Waals surface area contributed by atoms with E-state index in [-0.39, 0.29) is 0 Å². The maximum absolute atomic E-state index is 5.54. The van der Waals surface area contributed by atoms with Gasteiger partial charge in [0.2, 0.25) is 5.95 Å². The van der Waals surface area contributed by atoms with E-state index in [9.17, 15) is 0 Å². The van der Waals surface area contributed by atoms with E-state index in [2.05, 4.69) is 203 Å². The molecular weight excluding hydrogens is 681 g/mol. The third kappa shape index (κ3) is 4.47. The number of benzene rings is 9. The second-order valence-corrected chi connectivity index (χ2v) is 14.6. The maximum atomic E-state index is 5.54. The van der Waals surface area contributed by atoms with Crippen LogP contribution in [0.5, 0.6) is 0 Å². The molecule has 0 bridgehead atoms. The molecule has 0 saturated heterocycles. The molecule has 3 heterocycles. The summed E-state index contributed by atoms with van der Waals surface area (Å²) in [6.07, 6.45) is 0. The fraction of sp³-hybridized carbons (Fsp3) is 0. The summed E-state index contributed by atoms with van der Waals surface area (Å²) in [5, 5.41) is 11.8. The Morgan fingerprint density at radius 2 is 0.804 bits per heavy atom. The molecule has 4 nitrogen and oxygen atoms in total. The summed E-state index contributed by atoms with van der Waals surface area (Å²) in [4.78, 5) is 11.1. The van der Waals surface area contributed by atoms with Crippen LogP contribution in [0.3, 0.4) is 0 Å². The summed E-state index contributed by atoms with van der Waals surface area (Å²) in [6, 6.07) is 69.6. The van der Waals surface area contributed by atoms with E-state index in [1.54, 1.807) is 0 Å². The average Bonchev–Trinajstić information content (AvgIpc) is 3.78. The molecule has 0 radical (unpaired) electrons. The lowest BCUT2D eigenvalue weighted by Crippen LogP contribution is -2.04. The molecule has 260 valence electrons. The fourth-order valence-corrected chi connectivity index (χ4v) is 9.09. The van der Waals surface area contributed by atoms with Gasteiger partial charge >= 0.3 is 0 Å². The molecule has 9 aromatic carbocycles. The van der Waals surface area contributed by atoms with Crippen LogP contribution in [-0.2, 0) is 0 Å². The van der Waals surface area contributed by atoms with E-state index >= 15 is 0 Å². The van der Waals surface area contributed by atoms with Crippen LogP contribution in [-0.4, -0.2) is 19.1 Å². The van der Waals surface area contributed by atoms with Gasteiger partial charge in [-0.1, -0.05) is 164 Å². The van der Waals surface area contributed by atoms with Gasteiger partial charge in [0.15, 0.2) is 0 Å². The third-order valence-corrected chi connectivity index (χ3v) is 11.5. The third-order valence-electron chi connectivity index (χ3n) is 11.5. The summed E-state index contributed by atoms with van der Waals surface area (Å²) in [5.74, 6) is 0.638. The molecule has 0 aliphatic heterocycles. The number of nitrogens with zero attached hydrogens (tertiary/aromatic N) is 4. The first kappa shape index (κ1) is 30.9. The molecule has 3 aromatic heterocycles. The molecule has 12 aromatic rings. The molecule has 0 fully saturated rings. The van der Waals surface area contributed by atoms with Gasteiger partial charge in [-0.05, 0) is 57.3 Å². The Hall–Kier alpha value is -7.56. The van der Waals surface area contributed by atoms with Crippen molar-refractivity contribution in [3.8, 4) is 34.2 Å². The average molecular weight is 713 g/mol. The van der Waals surface area contributed by atoms with Gasteiger partial charge in [0.1, 0.15) is 0 Å². The highest BCUT2D eigenvalue weighted by molar-refractivity contribution is 6.26. The van der Waals surface area contributed by atoms with Gasteiger partial charge in [-0.25, -0.2) is 9.97 Å². The van der Waals surface area contributed by atoms with Crippen molar-refractivity contribution < 1.29 is 0 Å². The largest absolute Gasteiger partial charge is 0.309 e. The number of hydrogen-bond acceptors (Lipinski definition) is 2. The van der Waals surface area contributed by atoms with Gasteiger partial charge in [-0.15, -0.1) is 0 Å². The molecular formula is C52H32N4. The topological polar surface area (TPSA) is 35.6 Å². The van der Waals surface area contributed by atoms with E-state index in [1.807, 2.05) is 0 Å². The molecule has 4 heteroatoms. The zero-order chi connectivity index (χ0) is 36.7. The van der Waals surface area contributed by atoms with Crippen LogP contribution in [0.15, 0.2) is 194 Å². The van der Waals surface area contributed by atoms with Crippen molar-refractivity contribution in [1.82, 2.24) is 19.1 Å². The molecule has 0 unspecified atom stereocenters. The number of aromatic nitrogens is 4. The van der Waals surface area contributed by atoms with Crippen LogP contribution in [0.4, 0.5) is 0 Å². The van der Waals surface area contributed by atoms with Crippen LogP contribution in [0.1, 0.15) is 0 Å². The highest BCUT2D eigenvalue weighted by Crippen LogP contribution is 2.43. The molecule has 0 amide bonds. The normalized spacial score (nSPS) is 11.9. The molecule has 0 aliphatic rings. The lowest BCUT2D eigenvalue weighted by atomic mass is 9.99. The minimum Gasteiger partial charge on any atom is -0.309 e. The van der Waals surface area contributed by atoms with Crippen molar-refractivity contribution in [2.75, 3.05) is 0 Å². The van der Waals surface area contributed by atoms with Crippen molar-refractivity contribution in [2.45, 2.75) is 0 Å². The first-order chi connectivity index (χ1) is 27.8. The Labute approximate surface area is 322 Å². The lowest BCUT2D eigenvalue weighted by molar-refractivity contribution is 0.999. The van der Waals surface area contributed by atoms with Crippen LogP contribution >= 0.6 is 0 Å². The van der Waals surface area contributed by atoms with E-state index in [1.165, 1.54) is 37.7 Å². The molecule has 0 saturated carbocycles. The quantitative estimate of drug-likeness (QED) is 0.182. The van der Waals surface area contributed by atoms with Crippen LogP contribution < -0.4 is 0 Å². The molecule has 0 spiro atoms. The standard InChI is InChI=1S/C52H32N4/c1-4-20-36-33(14-1)17-11-25-39(36)44-32-45(40-26-12-18-34-15-2-5-21-37(34)40)54-52(53-44)56-47-27-9-7-23-41(47)42-30-31-49-50(51(42)56)43-24-8-10-28-48(43)55(49)46-29-13-19-35-16-3-6-22-38(35)46/h1-32H. The molecule has 0 N–H and O–H groups in total. The second kappa shape index (κ2) is 12.0. The summed E-state index contributed by atoms with van der Waals surface area (Å²) >= 11 is 0. The Morgan fingerprint density at radius 1 is 0.321 bits per heavy atom. The number of para-hydroxylation sites is 2. The highest BCUT2D eigenvalue weighted by Gasteiger charge is 2.23. The van der Waals surface area contributed by atoms with Crippen molar-refractivity contribution in [3.05, 3.63) is 194 Å². The zero-order valence-corrected chi connectivity index (χ0v) is 30.3. The summed E-state index contributed by atoms with van der Waals surface area (Å²) in [5.41, 5.74) is 9.52. The maximum Gasteiger partial charge on any atom is 0.235 e. The van der Waals surface area contributed by atoms with Gasteiger partial charge in [-0.3, -0.25) is 4.57 Å². The van der Waals surface area contributed by atoms with Gasteiger partial charge in [-0.2, -0.15) is 0 Å². The van der Waals surface area contributed by atoms with E-state index in [4.69, 9.17) is 9.97 Å². The minimum absolute atomic E-state index is 0.638. The summed E-state index contributed by atoms with van der Waals surface area (Å²) in [6.45, 7) is 0. The minimum atomic E-state index is 0.638. The van der Waals surface area contributed by atoms with Gasteiger partial charge in [0, 0.05) is 38.1 Å². The van der Waals surface area contributed by atoms with Crippen LogP contribution in [0, 0.1) is 0 Å². The van der Waals surface area contributed by atoms with Gasteiger partial charge in [0.25, 0.3) is 0 Å². The molecule has 12 rings (SSSR count). The smallest absolute Gasteiger partial charge is 0.235 e. The van der Waals surface area contributed by atoms with Crippen LogP contribution in [0.25, 0.3) is 110 Å². The van der Waals surface area contributed by atoms with Crippen molar-refractivity contribution >= 4 is 75.9 Å². The first-order valence-corrected chi connectivity index (χ1v) is 19.1. The SMILES string of the molecule is c1ccc2c(-c3cc(-c4cccc5ccccc45)nc(-n4c5ccccc5c5ccc6c(c7ccccc7n6-c6cccc7ccccc67)c54)n3)cccc2c1. The highest BCUT2D eigenvalue weighted by atomic mass is 15.2. The number of fused-ring (bicyclic) bond motifs is 10. The Bertz CT molecular complexity index is 3440. The lowest BCUT2D eigenvalue weighted by Gasteiger charge is -2.14. The Kier molecular flexibility index (Phi) is 6.60. The second-order valence-electron chi connectivity index (χ2n) is 14.6. The Morgan fingerprint density at radius 3 is 1.45 bits per heavy atom. The van der Waals surface area contributed by atoms with E-state index in [0.717, 1.165) is 66.4 Å². The Balaban J connectivity index is 1.24. The summed E-state index contributed by atoms with van der Waals surface area (Å²) < 4.78 is 4.75. The van der Waals surface area contributed by atoms with Gasteiger partial charge < -0.3 is 4.57 Å². The number of rotatable bonds is 4. The van der Waals surface area contributed by atoms with Crippen molar-refractivity contribution in [3.63, 3.8) is 0 Å². The van der Waals surface area contributed by atoms with Gasteiger partial charge in [0.05, 0.1) is 39.1 Å². The zero-order valence-electron chi connectivity index (χ0n) is 30.3. The monoisotopic (exact) mass is 712 g/mol. The van der Waals surface area contributed by atoms with Crippen LogP contribution in [0.2, 0.25) is 0 Å². The first-order valence-electron chi connectivity index (χ1n) is 19.1. The van der Waals surface area contributed by atoms with Crippen molar-refractivity contribution in [2.24, 2.45) is 0 Å². The fourth-order valence-electron chi connectivity index (χ4n) is 9.09. The molecule has 56 heavy (non-hydrogen) atoms. The van der Waals surface area contributed by atoms with E-state index < -0.39 is 0 Å². The number of hydrogen-bond donors (Lipinski definition) is 0. The molecule has 0 atom stereocenters. The van der Waals surface area contributed by atoms with Crippen molar-refractivity contribution in [1.29, 1.82) is 0 Å².